The molecule has 4 nitrogen and oxygen atoms in total. The topological polar surface area (TPSA) is 59.1 Å². The second-order valence-corrected chi connectivity index (χ2v) is 4.32. The Balaban J connectivity index is 2.70. The second-order valence-electron chi connectivity index (χ2n) is 3.50. The van der Waals surface area contributed by atoms with Gasteiger partial charge < -0.3 is 4.74 Å². The minimum Gasteiger partial charge on any atom is -0.455 e. The van der Waals surface area contributed by atoms with E-state index in [-0.39, 0.29) is 10.9 Å². The standard InChI is InChI=1S/C8H10NO3S/c1-8(2,3)12-6(10)5-4-13-7(11)9-5/h4H,1-3H3. The van der Waals surface area contributed by atoms with Crippen LogP contribution in [0.3, 0.4) is 0 Å². The molecule has 0 bridgehead atoms. The fraction of sp³-hybridized carbons (Fsp3) is 0.500. The van der Waals surface area contributed by atoms with E-state index < -0.39 is 11.6 Å². The summed E-state index contributed by atoms with van der Waals surface area (Å²) < 4.78 is 5.00. The molecule has 0 saturated heterocycles. The van der Waals surface area contributed by atoms with Crippen LogP contribution in [0.5, 0.6) is 5.19 Å². The maximum Gasteiger partial charge on any atom is 0.358 e. The first-order valence-corrected chi connectivity index (χ1v) is 4.62. The molecule has 0 aliphatic heterocycles. The van der Waals surface area contributed by atoms with Crippen LogP contribution in [0.25, 0.3) is 0 Å². The predicted octanol–water partition coefficient (Wildman–Crippen LogP) is 2.24. The van der Waals surface area contributed by atoms with E-state index in [1.54, 1.807) is 20.8 Å². The SMILES string of the molecule is CC(C)(C)OC(=O)c1csc([O])n1. The van der Waals surface area contributed by atoms with E-state index in [0.29, 0.717) is 0 Å². The zero-order chi connectivity index (χ0) is 10.1. The van der Waals surface area contributed by atoms with Crippen LogP contribution >= 0.6 is 11.3 Å². The van der Waals surface area contributed by atoms with Gasteiger partial charge in [-0.25, -0.2) is 4.79 Å². The normalized spacial score (nSPS) is 11.3. The van der Waals surface area contributed by atoms with Gasteiger partial charge in [0, 0.05) is 5.38 Å². The molecule has 0 saturated carbocycles. The Labute approximate surface area is 80.2 Å². The Morgan fingerprint density at radius 3 is 2.54 bits per heavy atom. The molecule has 1 aromatic rings. The smallest absolute Gasteiger partial charge is 0.358 e. The van der Waals surface area contributed by atoms with Gasteiger partial charge in [0.05, 0.1) is 0 Å². The number of hydrogen-bond acceptors (Lipinski definition) is 4. The first-order chi connectivity index (χ1) is 5.88. The molecule has 0 aliphatic carbocycles. The summed E-state index contributed by atoms with van der Waals surface area (Å²) in [5.41, 5.74) is -0.464. The summed E-state index contributed by atoms with van der Waals surface area (Å²) in [5.74, 6) is -0.550. The summed E-state index contributed by atoms with van der Waals surface area (Å²) in [6, 6.07) is 0. The van der Waals surface area contributed by atoms with Gasteiger partial charge in [-0.3, -0.25) is 5.11 Å². The summed E-state index contributed by atoms with van der Waals surface area (Å²) in [5, 5.41) is 11.7. The average Bonchev–Trinajstić information content (AvgIpc) is 2.31. The van der Waals surface area contributed by atoms with Crippen LogP contribution in [0, 0.1) is 0 Å². The van der Waals surface area contributed by atoms with E-state index in [9.17, 15) is 9.90 Å². The second kappa shape index (κ2) is 3.33. The molecule has 0 spiro atoms. The van der Waals surface area contributed by atoms with Crippen LogP contribution in [0.2, 0.25) is 0 Å². The van der Waals surface area contributed by atoms with Crippen molar-refractivity contribution in [3.8, 4) is 5.19 Å². The summed E-state index contributed by atoms with van der Waals surface area (Å²) in [6.07, 6.45) is 0. The first kappa shape index (κ1) is 9.98. The highest BCUT2D eigenvalue weighted by atomic mass is 32.1. The Hall–Kier alpha value is -1.10. The molecular formula is C8H10NO3S. The number of thiazole rings is 1. The van der Waals surface area contributed by atoms with E-state index >= 15 is 0 Å². The zero-order valence-corrected chi connectivity index (χ0v) is 8.47. The molecule has 1 radical (unpaired) electrons. The van der Waals surface area contributed by atoms with Crippen molar-refractivity contribution >= 4 is 17.3 Å². The quantitative estimate of drug-likeness (QED) is 0.653. The molecule has 0 aromatic carbocycles. The third-order valence-corrected chi connectivity index (χ3v) is 1.73. The molecule has 0 aliphatic rings. The van der Waals surface area contributed by atoms with E-state index in [4.69, 9.17) is 4.74 Å². The van der Waals surface area contributed by atoms with Gasteiger partial charge in [-0.15, -0.1) is 0 Å². The number of carbonyl (C=O) groups excluding carboxylic acids is 1. The van der Waals surface area contributed by atoms with Crippen molar-refractivity contribution in [2.45, 2.75) is 26.4 Å². The van der Waals surface area contributed by atoms with E-state index in [0.717, 1.165) is 11.3 Å². The number of esters is 1. The summed E-state index contributed by atoms with van der Waals surface area (Å²) in [7, 11) is 0. The van der Waals surface area contributed by atoms with Gasteiger partial charge in [-0.1, -0.05) is 11.3 Å². The molecule has 0 atom stereocenters. The highest BCUT2D eigenvalue weighted by molar-refractivity contribution is 7.11. The maximum atomic E-state index is 11.3. The van der Waals surface area contributed by atoms with E-state index in [1.807, 2.05) is 0 Å². The number of hydrogen-bond donors (Lipinski definition) is 0. The molecule has 13 heavy (non-hydrogen) atoms. The van der Waals surface area contributed by atoms with Gasteiger partial charge in [0.25, 0.3) is 0 Å². The van der Waals surface area contributed by atoms with Crippen LogP contribution in [0.1, 0.15) is 31.3 Å². The molecule has 5 heteroatoms. The average molecular weight is 200 g/mol. The van der Waals surface area contributed by atoms with Crippen molar-refractivity contribution in [1.82, 2.24) is 4.98 Å². The van der Waals surface area contributed by atoms with Crippen LogP contribution in [-0.2, 0) is 9.84 Å². The van der Waals surface area contributed by atoms with Crippen molar-refractivity contribution in [1.29, 1.82) is 0 Å². The Morgan fingerprint density at radius 1 is 1.54 bits per heavy atom. The van der Waals surface area contributed by atoms with Gasteiger partial charge in [0.2, 0.25) is 0 Å². The molecule has 1 rings (SSSR count). The molecule has 1 aromatic heterocycles. The lowest BCUT2D eigenvalue weighted by Crippen LogP contribution is -2.23. The maximum absolute atomic E-state index is 11.3. The molecule has 0 amide bonds. The highest BCUT2D eigenvalue weighted by Crippen LogP contribution is 2.19. The largest absolute Gasteiger partial charge is 0.455 e. The van der Waals surface area contributed by atoms with Crippen molar-refractivity contribution < 1.29 is 14.6 Å². The van der Waals surface area contributed by atoms with Crippen molar-refractivity contribution in [2.75, 3.05) is 0 Å². The van der Waals surface area contributed by atoms with Crippen molar-refractivity contribution in [2.24, 2.45) is 0 Å². The summed E-state index contributed by atoms with van der Waals surface area (Å²) in [4.78, 5) is 14.7. The van der Waals surface area contributed by atoms with Crippen LogP contribution in [0.4, 0.5) is 0 Å². The highest BCUT2D eigenvalue weighted by Gasteiger charge is 2.20. The molecule has 0 N–H and O–H groups in total. The van der Waals surface area contributed by atoms with Crippen molar-refractivity contribution in [3.05, 3.63) is 11.1 Å². The Bertz CT molecular complexity index is 313. The monoisotopic (exact) mass is 200 g/mol. The van der Waals surface area contributed by atoms with E-state index in [1.165, 1.54) is 5.38 Å². The van der Waals surface area contributed by atoms with Crippen LogP contribution in [0.15, 0.2) is 5.38 Å². The van der Waals surface area contributed by atoms with Crippen molar-refractivity contribution in [3.63, 3.8) is 0 Å². The molecule has 1 heterocycles. The predicted molar refractivity (Wildman–Crippen MR) is 47.4 cm³/mol. The molecule has 0 unspecified atom stereocenters. The fourth-order valence-electron chi connectivity index (χ4n) is 0.681. The number of ether oxygens (including phenoxy) is 1. The molecule has 0 fully saturated rings. The molecule has 71 valence electrons. The van der Waals surface area contributed by atoms with Crippen LogP contribution in [-0.4, -0.2) is 16.6 Å². The number of aromatic nitrogens is 1. The van der Waals surface area contributed by atoms with E-state index in [2.05, 4.69) is 4.98 Å². The number of nitrogens with zero attached hydrogens (tertiary/aromatic N) is 1. The number of rotatable bonds is 1. The summed E-state index contributed by atoms with van der Waals surface area (Å²) in [6.45, 7) is 5.28. The fourth-order valence-corrected chi connectivity index (χ4v) is 1.19. The zero-order valence-electron chi connectivity index (χ0n) is 7.66. The minimum absolute atomic E-state index is 0.0879. The molecular weight excluding hydrogens is 190 g/mol. The van der Waals surface area contributed by atoms with Gasteiger partial charge in [-0.05, 0) is 20.8 Å². The van der Waals surface area contributed by atoms with Gasteiger partial charge in [0.15, 0.2) is 5.69 Å². The van der Waals surface area contributed by atoms with Gasteiger partial charge >= 0.3 is 11.2 Å². The Kier molecular flexibility index (Phi) is 2.56. The third kappa shape index (κ3) is 3.02. The first-order valence-electron chi connectivity index (χ1n) is 3.74. The number of carbonyl (C=O) groups is 1. The summed E-state index contributed by atoms with van der Waals surface area (Å²) >= 11 is 0.891. The minimum atomic E-state index is -0.552. The Morgan fingerprint density at radius 2 is 2.15 bits per heavy atom. The van der Waals surface area contributed by atoms with Gasteiger partial charge in [0.1, 0.15) is 5.60 Å². The lowest BCUT2D eigenvalue weighted by molar-refractivity contribution is 0.00627. The van der Waals surface area contributed by atoms with Crippen LogP contribution < -0.4 is 0 Å². The van der Waals surface area contributed by atoms with Gasteiger partial charge in [-0.2, -0.15) is 4.98 Å². The third-order valence-electron chi connectivity index (χ3n) is 1.09. The lowest BCUT2D eigenvalue weighted by Gasteiger charge is -2.18. The lowest BCUT2D eigenvalue weighted by atomic mass is 10.2.